The number of carbonyl (C=O) groups is 2. The van der Waals surface area contributed by atoms with E-state index in [0.29, 0.717) is 24.8 Å². The van der Waals surface area contributed by atoms with Crippen molar-refractivity contribution in [2.75, 3.05) is 26.2 Å². The van der Waals surface area contributed by atoms with E-state index in [0.717, 1.165) is 24.9 Å². The highest BCUT2D eigenvalue weighted by Gasteiger charge is 2.42. The maximum atomic E-state index is 13.4. The van der Waals surface area contributed by atoms with Crippen LogP contribution in [0.2, 0.25) is 0 Å². The number of hydrogen-bond acceptors (Lipinski definition) is 5. The van der Waals surface area contributed by atoms with Gasteiger partial charge in [-0.25, -0.2) is 0 Å². The van der Waals surface area contributed by atoms with Crippen molar-refractivity contribution in [2.24, 2.45) is 23.2 Å². The number of nitrogens with zero attached hydrogens (tertiary/aromatic N) is 1. The Morgan fingerprint density at radius 3 is 2.32 bits per heavy atom. The lowest BCUT2D eigenvalue weighted by Crippen LogP contribution is -2.59. The van der Waals surface area contributed by atoms with Crippen LogP contribution in [0.3, 0.4) is 0 Å². The van der Waals surface area contributed by atoms with E-state index >= 15 is 0 Å². The number of aliphatic hydroxyl groups excluding tert-OH is 2. The topological polar surface area (TPSA) is 102 Å². The van der Waals surface area contributed by atoms with Crippen LogP contribution >= 0.6 is 0 Å². The summed E-state index contributed by atoms with van der Waals surface area (Å²) in [4.78, 5) is 28.9. The average molecular weight is 516 g/mol. The first-order chi connectivity index (χ1) is 17.4. The van der Waals surface area contributed by atoms with Crippen molar-refractivity contribution in [3.05, 3.63) is 35.9 Å². The van der Waals surface area contributed by atoms with Crippen molar-refractivity contribution < 1.29 is 19.8 Å². The Bertz CT molecular complexity index is 883. The highest BCUT2D eigenvalue weighted by Crippen LogP contribution is 2.39. The van der Waals surface area contributed by atoms with Gasteiger partial charge < -0.3 is 20.8 Å². The molecule has 208 valence electrons. The molecule has 1 saturated carbocycles. The van der Waals surface area contributed by atoms with Crippen molar-refractivity contribution >= 4 is 11.8 Å². The smallest absolute Gasteiger partial charge is 0.237 e. The van der Waals surface area contributed by atoms with E-state index < -0.39 is 17.4 Å². The minimum absolute atomic E-state index is 0.0116. The van der Waals surface area contributed by atoms with Gasteiger partial charge in [0.2, 0.25) is 11.8 Å². The third kappa shape index (κ3) is 8.79. The molecule has 2 fully saturated rings. The van der Waals surface area contributed by atoms with Crippen LogP contribution < -0.4 is 10.6 Å². The number of nitrogens with one attached hydrogen (secondary N) is 2. The summed E-state index contributed by atoms with van der Waals surface area (Å²) in [6.45, 7) is 11.1. The number of β-amino-alcohol motifs (C(OH)–C–C–N with tert-alkyl or cyclic N) is 1. The number of rotatable bonds is 10. The molecule has 1 heterocycles. The van der Waals surface area contributed by atoms with Crippen LogP contribution in [0.4, 0.5) is 0 Å². The van der Waals surface area contributed by atoms with E-state index in [4.69, 9.17) is 0 Å². The first kappa shape index (κ1) is 29.6. The van der Waals surface area contributed by atoms with Crippen LogP contribution in [-0.4, -0.2) is 70.9 Å². The minimum Gasteiger partial charge on any atom is -0.396 e. The van der Waals surface area contributed by atoms with Gasteiger partial charge in [-0.3, -0.25) is 14.5 Å². The molecule has 2 aliphatic rings. The monoisotopic (exact) mass is 515 g/mol. The summed E-state index contributed by atoms with van der Waals surface area (Å²) < 4.78 is 0. The van der Waals surface area contributed by atoms with Crippen LogP contribution in [-0.2, 0) is 16.0 Å². The molecule has 0 spiro atoms. The number of likely N-dealkylation sites (tertiary alicyclic amines) is 1. The second-order valence-electron chi connectivity index (χ2n) is 13.2. The molecular formula is C30H49N3O4. The van der Waals surface area contributed by atoms with Gasteiger partial charge in [0.15, 0.2) is 0 Å². The zero-order chi connectivity index (χ0) is 27.2. The Labute approximate surface area is 223 Å². The number of piperidine rings is 1. The van der Waals surface area contributed by atoms with Crippen LogP contribution in [0.5, 0.6) is 0 Å². The predicted molar refractivity (Wildman–Crippen MR) is 147 cm³/mol. The Balaban J connectivity index is 1.79. The maximum Gasteiger partial charge on any atom is 0.237 e. The van der Waals surface area contributed by atoms with E-state index in [1.54, 1.807) is 0 Å². The summed E-state index contributed by atoms with van der Waals surface area (Å²) in [7, 11) is 0. The van der Waals surface area contributed by atoms with Gasteiger partial charge in [-0.15, -0.1) is 0 Å². The second kappa shape index (κ2) is 12.7. The normalized spacial score (nSPS) is 24.6. The van der Waals surface area contributed by atoms with Gasteiger partial charge >= 0.3 is 0 Å². The fourth-order valence-electron chi connectivity index (χ4n) is 5.78. The number of amides is 2. The lowest BCUT2D eigenvalue weighted by atomic mass is 9.72. The SMILES string of the molecule is CC(C)(CO)CNC(=O)[C@H](Cc1ccccc1)[C@H](O)CN1C[C@H]2CCCC[C@H]2C[C@H]1C(=O)NC(C)(C)C. The zero-order valence-corrected chi connectivity index (χ0v) is 23.5. The van der Waals surface area contributed by atoms with E-state index in [9.17, 15) is 19.8 Å². The van der Waals surface area contributed by atoms with Gasteiger partial charge in [-0.2, -0.15) is 0 Å². The van der Waals surface area contributed by atoms with Crippen LogP contribution in [0.15, 0.2) is 30.3 Å². The number of fused-ring (bicyclic) bond motifs is 1. The molecule has 1 aromatic carbocycles. The molecule has 37 heavy (non-hydrogen) atoms. The first-order valence-electron chi connectivity index (χ1n) is 14.0. The summed E-state index contributed by atoms with van der Waals surface area (Å²) in [6.07, 6.45) is 5.06. The molecule has 3 rings (SSSR count). The Morgan fingerprint density at radius 2 is 1.70 bits per heavy atom. The average Bonchev–Trinajstić information content (AvgIpc) is 2.85. The number of hydrogen-bond donors (Lipinski definition) is 4. The largest absolute Gasteiger partial charge is 0.396 e. The van der Waals surface area contributed by atoms with Crippen molar-refractivity contribution in [1.82, 2.24) is 15.5 Å². The number of benzene rings is 1. The summed E-state index contributed by atoms with van der Waals surface area (Å²) in [5.41, 5.74) is 0.202. The molecular weight excluding hydrogens is 466 g/mol. The Hall–Kier alpha value is -1.96. The standard InChI is InChI=1S/C30H49N3O4/c1-29(2,3)32-28(37)25-16-22-13-9-10-14-23(22)17-33(25)18-26(35)24(15-21-11-7-6-8-12-21)27(36)31-19-30(4,5)20-34/h6-8,11-12,22-26,34-35H,9-10,13-20H2,1-5H3,(H,31,36)(H,32,37)/t22-,23+,24+,25-,26+/m0/s1. The fourth-order valence-corrected chi connectivity index (χ4v) is 5.78. The predicted octanol–water partition coefficient (Wildman–Crippen LogP) is 3.14. The highest BCUT2D eigenvalue weighted by molar-refractivity contribution is 5.82. The van der Waals surface area contributed by atoms with Gasteiger partial charge in [-0.1, -0.05) is 63.4 Å². The van der Waals surface area contributed by atoms with Crippen LogP contribution in [0, 0.1) is 23.2 Å². The Morgan fingerprint density at radius 1 is 1.05 bits per heavy atom. The summed E-state index contributed by atoms with van der Waals surface area (Å²) in [6, 6.07) is 9.45. The molecule has 2 amide bonds. The van der Waals surface area contributed by atoms with Gasteiger partial charge in [-0.05, 0) is 57.4 Å². The van der Waals surface area contributed by atoms with Crippen LogP contribution in [0.1, 0.15) is 72.3 Å². The molecule has 7 heteroatoms. The summed E-state index contributed by atoms with van der Waals surface area (Å²) in [5, 5.41) is 27.3. The van der Waals surface area contributed by atoms with E-state index in [1.807, 2.05) is 65.0 Å². The third-order valence-corrected chi connectivity index (χ3v) is 7.99. The van der Waals surface area contributed by atoms with Gasteiger partial charge in [0.1, 0.15) is 0 Å². The quantitative estimate of drug-likeness (QED) is 0.384. The van der Waals surface area contributed by atoms with Gasteiger partial charge in [0, 0.05) is 37.2 Å². The molecule has 0 aromatic heterocycles. The van der Waals surface area contributed by atoms with Crippen molar-refractivity contribution in [3.63, 3.8) is 0 Å². The molecule has 0 radical (unpaired) electrons. The fraction of sp³-hybridized carbons (Fsp3) is 0.733. The molecule has 1 saturated heterocycles. The molecule has 0 unspecified atom stereocenters. The molecule has 1 aromatic rings. The van der Waals surface area contributed by atoms with Gasteiger partial charge in [0.25, 0.3) is 0 Å². The Kier molecular flexibility index (Phi) is 10.2. The molecule has 5 atom stereocenters. The van der Waals surface area contributed by atoms with E-state index in [2.05, 4.69) is 15.5 Å². The van der Waals surface area contributed by atoms with Crippen LogP contribution in [0.25, 0.3) is 0 Å². The first-order valence-corrected chi connectivity index (χ1v) is 14.0. The van der Waals surface area contributed by atoms with E-state index in [1.165, 1.54) is 19.3 Å². The molecule has 1 aliphatic carbocycles. The number of aliphatic hydroxyl groups is 2. The summed E-state index contributed by atoms with van der Waals surface area (Å²) >= 11 is 0. The van der Waals surface area contributed by atoms with Crippen molar-refractivity contribution in [3.8, 4) is 0 Å². The second-order valence-corrected chi connectivity index (χ2v) is 13.2. The lowest BCUT2D eigenvalue weighted by molar-refractivity contribution is -0.134. The molecule has 7 nitrogen and oxygen atoms in total. The number of carbonyl (C=O) groups excluding carboxylic acids is 2. The molecule has 4 N–H and O–H groups in total. The maximum absolute atomic E-state index is 13.4. The minimum atomic E-state index is -0.928. The lowest BCUT2D eigenvalue weighted by Gasteiger charge is -2.47. The molecule has 0 bridgehead atoms. The van der Waals surface area contributed by atoms with Gasteiger partial charge in [0.05, 0.1) is 18.1 Å². The third-order valence-electron chi connectivity index (χ3n) is 7.99. The zero-order valence-electron chi connectivity index (χ0n) is 23.5. The van der Waals surface area contributed by atoms with Crippen molar-refractivity contribution in [1.29, 1.82) is 0 Å². The van der Waals surface area contributed by atoms with E-state index in [-0.39, 0.29) is 36.5 Å². The highest BCUT2D eigenvalue weighted by atomic mass is 16.3. The summed E-state index contributed by atoms with van der Waals surface area (Å²) in [5.74, 6) is 0.208. The molecule has 1 aliphatic heterocycles. The van der Waals surface area contributed by atoms with Crippen molar-refractivity contribution in [2.45, 2.75) is 90.8 Å².